The van der Waals surface area contributed by atoms with E-state index in [0.29, 0.717) is 0 Å². The van der Waals surface area contributed by atoms with E-state index in [1.54, 1.807) is 11.3 Å². The minimum absolute atomic E-state index is 0.189. The first-order valence-electron chi connectivity index (χ1n) is 4.84. The number of alkyl halides is 1. The van der Waals surface area contributed by atoms with E-state index >= 15 is 0 Å². The molecule has 90 valence electrons. The summed E-state index contributed by atoms with van der Waals surface area (Å²) in [5.41, 5.74) is 3.74. The molecule has 1 unspecified atom stereocenters. The Kier molecular flexibility index (Phi) is 4.92. The van der Waals surface area contributed by atoms with Gasteiger partial charge >= 0.3 is 0 Å². The van der Waals surface area contributed by atoms with Gasteiger partial charge in [0.25, 0.3) is 0 Å². The third-order valence-electron chi connectivity index (χ3n) is 2.39. The minimum Gasteiger partial charge on any atom is -0.121 e. The first-order valence-corrected chi connectivity index (χ1v) is 8.95. The molecule has 1 atom stereocenters. The SMILES string of the molecule is Cc1ccc(C(Br)c2cc(Br)sc2Br)c(Br)c1. The molecule has 2 rings (SSSR count). The van der Waals surface area contributed by atoms with Gasteiger partial charge in [0.2, 0.25) is 0 Å². The minimum atomic E-state index is 0.189. The van der Waals surface area contributed by atoms with E-state index in [1.165, 1.54) is 16.7 Å². The largest absolute Gasteiger partial charge is 0.121 e. The lowest BCUT2D eigenvalue weighted by Crippen LogP contribution is -1.93. The Bertz CT molecular complexity index is 547. The zero-order chi connectivity index (χ0) is 12.6. The number of hydrogen-bond donors (Lipinski definition) is 0. The van der Waals surface area contributed by atoms with Crippen LogP contribution in [0.3, 0.4) is 0 Å². The van der Waals surface area contributed by atoms with Crippen LogP contribution in [0.15, 0.2) is 36.3 Å². The number of thiophene rings is 1. The molecular formula is C12H8Br4S. The topological polar surface area (TPSA) is 0 Å². The summed E-state index contributed by atoms with van der Waals surface area (Å²) in [5, 5.41) is 0. The smallest absolute Gasteiger partial charge is 0.0757 e. The van der Waals surface area contributed by atoms with Gasteiger partial charge in [0.1, 0.15) is 0 Å². The zero-order valence-electron chi connectivity index (χ0n) is 8.81. The normalized spacial score (nSPS) is 12.8. The van der Waals surface area contributed by atoms with Crippen molar-refractivity contribution in [3.05, 3.63) is 53.0 Å². The van der Waals surface area contributed by atoms with Gasteiger partial charge in [0.05, 0.1) is 12.4 Å². The molecule has 0 spiro atoms. The summed E-state index contributed by atoms with van der Waals surface area (Å²) in [7, 11) is 0. The Hall–Kier alpha value is 0.840. The third-order valence-corrected chi connectivity index (χ3v) is 6.44. The maximum atomic E-state index is 3.76. The molecule has 0 nitrogen and oxygen atoms in total. The molecule has 0 N–H and O–H groups in total. The molecule has 1 aromatic heterocycles. The lowest BCUT2D eigenvalue weighted by Gasteiger charge is -2.12. The molecular weight excluding hydrogens is 496 g/mol. The van der Waals surface area contributed by atoms with E-state index in [4.69, 9.17) is 0 Å². The summed E-state index contributed by atoms with van der Waals surface area (Å²) in [6, 6.07) is 8.56. The Morgan fingerprint density at radius 1 is 1.06 bits per heavy atom. The fourth-order valence-corrected chi connectivity index (χ4v) is 6.68. The standard InChI is InChI=1S/C12H8Br4S/c1-6-2-3-7(9(13)4-6)11(15)8-5-10(14)17-12(8)16/h2-5,11H,1H3. The van der Waals surface area contributed by atoms with Crippen molar-refractivity contribution in [2.24, 2.45) is 0 Å². The van der Waals surface area contributed by atoms with Crippen LogP contribution in [0.4, 0.5) is 0 Å². The first-order chi connectivity index (χ1) is 7.99. The third kappa shape index (κ3) is 3.24. The summed E-state index contributed by atoms with van der Waals surface area (Å²) in [4.78, 5) is 0.189. The molecule has 0 aliphatic heterocycles. The second-order valence-electron chi connectivity index (χ2n) is 3.67. The predicted octanol–water partition coefficient (Wildman–Crippen LogP) is 6.83. The lowest BCUT2D eigenvalue weighted by atomic mass is 10.1. The molecule has 0 aliphatic rings. The Labute approximate surface area is 138 Å². The maximum absolute atomic E-state index is 3.76. The first kappa shape index (κ1) is 14.3. The Morgan fingerprint density at radius 3 is 2.29 bits per heavy atom. The van der Waals surface area contributed by atoms with Crippen molar-refractivity contribution in [1.82, 2.24) is 0 Å². The fraction of sp³-hybridized carbons (Fsp3) is 0.167. The predicted molar refractivity (Wildman–Crippen MR) is 89.4 cm³/mol. The van der Waals surface area contributed by atoms with E-state index in [0.717, 1.165) is 12.0 Å². The number of benzene rings is 1. The second-order valence-corrected chi connectivity index (χ2v) is 9.19. The molecule has 0 amide bonds. The van der Waals surface area contributed by atoms with Crippen molar-refractivity contribution in [3.8, 4) is 0 Å². The highest BCUT2D eigenvalue weighted by Crippen LogP contribution is 2.43. The van der Waals surface area contributed by atoms with Crippen LogP contribution in [-0.4, -0.2) is 0 Å². The van der Waals surface area contributed by atoms with E-state index in [1.807, 2.05) is 0 Å². The van der Waals surface area contributed by atoms with Crippen molar-refractivity contribution in [3.63, 3.8) is 0 Å². The van der Waals surface area contributed by atoms with Crippen molar-refractivity contribution >= 4 is 75.1 Å². The average molecular weight is 504 g/mol. The molecule has 0 bridgehead atoms. The average Bonchev–Trinajstić information content (AvgIpc) is 2.57. The van der Waals surface area contributed by atoms with Crippen molar-refractivity contribution < 1.29 is 0 Å². The van der Waals surface area contributed by atoms with Crippen molar-refractivity contribution in [1.29, 1.82) is 0 Å². The number of halogens is 4. The molecule has 0 aliphatic carbocycles. The number of rotatable bonds is 2. The van der Waals surface area contributed by atoms with E-state index in [2.05, 4.69) is 94.9 Å². The number of hydrogen-bond acceptors (Lipinski definition) is 1. The maximum Gasteiger partial charge on any atom is 0.0757 e. The van der Waals surface area contributed by atoms with Crippen LogP contribution in [0, 0.1) is 6.92 Å². The zero-order valence-corrected chi connectivity index (χ0v) is 16.0. The monoisotopic (exact) mass is 500 g/mol. The highest BCUT2D eigenvalue weighted by Gasteiger charge is 2.18. The van der Waals surface area contributed by atoms with E-state index < -0.39 is 0 Å². The van der Waals surface area contributed by atoms with Gasteiger partial charge in [-0.1, -0.05) is 44.0 Å². The van der Waals surface area contributed by atoms with Gasteiger partial charge in [-0.3, -0.25) is 0 Å². The summed E-state index contributed by atoms with van der Waals surface area (Å²) in [6.45, 7) is 2.09. The lowest BCUT2D eigenvalue weighted by molar-refractivity contribution is 1.16. The summed E-state index contributed by atoms with van der Waals surface area (Å²) < 4.78 is 3.42. The van der Waals surface area contributed by atoms with Gasteiger partial charge < -0.3 is 0 Å². The summed E-state index contributed by atoms with van der Waals surface area (Å²) in [6.07, 6.45) is 0. The van der Waals surface area contributed by atoms with Crippen LogP contribution in [0.25, 0.3) is 0 Å². The van der Waals surface area contributed by atoms with Crippen LogP contribution in [0.5, 0.6) is 0 Å². The van der Waals surface area contributed by atoms with Gasteiger partial charge in [0.15, 0.2) is 0 Å². The summed E-state index contributed by atoms with van der Waals surface area (Å²) in [5.74, 6) is 0. The molecule has 2 aromatic rings. The molecule has 5 heteroatoms. The van der Waals surface area contributed by atoms with Crippen LogP contribution in [-0.2, 0) is 0 Å². The highest BCUT2D eigenvalue weighted by atomic mass is 79.9. The molecule has 17 heavy (non-hydrogen) atoms. The molecule has 0 radical (unpaired) electrons. The fourth-order valence-electron chi connectivity index (χ4n) is 1.53. The van der Waals surface area contributed by atoms with Crippen molar-refractivity contribution in [2.75, 3.05) is 0 Å². The van der Waals surface area contributed by atoms with Gasteiger partial charge in [-0.25, -0.2) is 0 Å². The van der Waals surface area contributed by atoms with E-state index in [9.17, 15) is 0 Å². The summed E-state index contributed by atoms with van der Waals surface area (Å²) >= 11 is 16.2. The van der Waals surface area contributed by atoms with E-state index in [-0.39, 0.29) is 4.83 Å². The number of aryl methyl sites for hydroxylation is 1. The van der Waals surface area contributed by atoms with Gasteiger partial charge in [0, 0.05) is 4.47 Å². The van der Waals surface area contributed by atoms with Crippen molar-refractivity contribution in [2.45, 2.75) is 11.8 Å². The van der Waals surface area contributed by atoms with Crippen LogP contribution in [0.1, 0.15) is 21.5 Å². The Balaban J connectivity index is 2.43. The molecule has 0 fully saturated rings. The molecule has 0 saturated carbocycles. The quantitative estimate of drug-likeness (QED) is 0.394. The molecule has 0 saturated heterocycles. The van der Waals surface area contributed by atoms with Crippen LogP contribution < -0.4 is 0 Å². The van der Waals surface area contributed by atoms with Gasteiger partial charge in [-0.2, -0.15) is 0 Å². The van der Waals surface area contributed by atoms with Gasteiger partial charge in [-0.05, 0) is 67.6 Å². The molecule has 1 aromatic carbocycles. The highest BCUT2D eigenvalue weighted by molar-refractivity contribution is 9.12. The second kappa shape index (κ2) is 5.87. The van der Waals surface area contributed by atoms with Gasteiger partial charge in [-0.15, -0.1) is 11.3 Å². The van der Waals surface area contributed by atoms with Crippen LogP contribution >= 0.6 is 75.1 Å². The van der Waals surface area contributed by atoms with Crippen LogP contribution in [0.2, 0.25) is 0 Å². The Morgan fingerprint density at radius 2 is 1.76 bits per heavy atom. The molecule has 1 heterocycles.